The Morgan fingerprint density at radius 3 is 2.24 bits per heavy atom. The Balaban J connectivity index is 1.22. The average Bonchev–Trinajstić information content (AvgIpc) is 3.94. The molecule has 9 atom stereocenters. The van der Waals surface area contributed by atoms with Gasteiger partial charge in [0.2, 0.25) is 0 Å². The van der Waals surface area contributed by atoms with Gasteiger partial charge in [-0.25, -0.2) is 4.98 Å². The SMILES string of the molecule is CO[C@H]1/C=C/O[C@@]2(C)Oc3c(C)c(=O)c4c(O)c(c5oc6cc(N7CCN(CC(C)C)CC7)cc(OCc7ccc(CN8CCNCC8)cc7)c6nc5c4c3C2=O)NC(=O)/C(C)=C\C=C\[C@H](C)[C@H](O)[C@@H](C)[C@@H](O)[C@@H](C)[C@H](OC(C)=O)[C@@H]1C. The number of aromatic hydroxyl groups is 1. The van der Waals surface area contributed by atoms with Crippen molar-refractivity contribution in [1.29, 1.82) is 0 Å². The van der Waals surface area contributed by atoms with E-state index in [1.165, 1.54) is 51.9 Å². The van der Waals surface area contributed by atoms with Crippen LogP contribution in [-0.4, -0.2) is 144 Å². The van der Waals surface area contributed by atoms with Crippen LogP contribution in [-0.2, 0) is 37.0 Å². The number of aromatic nitrogens is 1. The summed E-state index contributed by atoms with van der Waals surface area (Å²) in [4.78, 5) is 69.5. The van der Waals surface area contributed by atoms with Gasteiger partial charge in [0.25, 0.3) is 11.7 Å². The predicted molar refractivity (Wildman–Crippen MR) is 314 cm³/mol. The summed E-state index contributed by atoms with van der Waals surface area (Å²) in [6, 6.07) is 12.1. The number of hydrogen-bond acceptors (Lipinski definition) is 18. The number of phenolic OH excluding ortho intramolecular Hbond substituents is 1. The Bertz CT molecular complexity index is 3360. The number of amides is 1. The molecule has 5 N–H and O–H groups in total. The van der Waals surface area contributed by atoms with Gasteiger partial charge in [-0.05, 0) is 37.0 Å². The summed E-state index contributed by atoms with van der Waals surface area (Å²) in [7, 11) is 1.46. The highest BCUT2D eigenvalue weighted by Gasteiger charge is 2.50. The molecule has 19 nitrogen and oxygen atoms in total. The highest BCUT2D eigenvalue weighted by atomic mass is 16.7. The van der Waals surface area contributed by atoms with Gasteiger partial charge in [-0.3, -0.25) is 29.0 Å². The number of anilines is 2. The van der Waals surface area contributed by atoms with Gasteiger partial charge in [0.15, 0.2) is 28.1 Å². The van der Waals surface area contributed by atoms with Crippen LogP contribution in [0.5, 0.6) is 17.2 Å². The molecule has 2 fully saturated rings. The number of carbonyl (C=O) groups excluding carboxylic acids is 3. The summed E-state index contributed by atoms with van der Waals surface area (Å²) in [6.07, 6.45) is 3.63. The fourth-order valence-electron chi connectivity index (χ4n) is 11.9. The molecule has 0 radical (unpaired) electrons. The van der Waals surface area contributed by atoms with E-state index in [4.69, 9.17) is 33.1 Å². The molecule has 5 heterocycles. The number of ether oxygens (including phenoxy) is 5. The molecule has 19 heteroatoms. The zero-order chi connectivity index (χ0) is 58.9. The molecule has 4 aromatic carbocycles. The number of carbonyl (C=O) groups is 3. The highest BCUT2D eigenvalue weighted by Crippen LogP contribution is 2.49. The van der Waals surface area contributed by atoms with Gasteiger partial charge in [-0.2, -0.15) is 0 Å². The predicted octanol–water partition coefficient (Wildman–Crippen LogP) is 7.76. The van der Waals surface area contributed by atoms with Crippen molar-refractivity contribution >= 4 is 62.0 Å². The number of allylic oxidation sites excluding steroid dienone is 2. The molecule has 0 saturated carbocycles. The lowest BCUT2D eigenvalue weighted by Gasteiger charge is -2.38. The van der Waals surface area contributed by atoms with Crippen molar-refractivity contribution in [2.75, 3.05) is 76.2 Å². The molecule has 2 saturated heterocycles. The monoisotopic (exact) mass is 1130 g/mol. The fraction of sp³-hybridized carbons (Fsp3) is 0.508. The van der Waals surface area contributed by atoms with Crippen LogP contribution in [0.2, 0.25) is 0 Å². The number of piperazine rings is 2. The van der Waals surface area contributed by atoms with E-state index < -0.39 is 82.7 Å². The molecule has 5 aromatic rings. The Morgan fingerprint density at radius 2 is 1.57 bits per heavy atom. The lowest BCUT2D eigenvalue weighted by Crippen LogP contribution is -2.47. The number of phenols is 1. The van der Waals surface area contributed by atoms with Crippen molar-refractivity contribution < 1.29 is 57.8 Å². The van der Waals surface area contributed by atoms with Gasteiger partial charge >= 0.3 is 11.8 Å². The van der Waals surface area contributed by atoms with Gasteiger partial charge in [-0.15, -0.1) is 0 Å². The number of aliphatic hydroxyl groups is 2. The third-order valence-electron chi connectivity index (χ3n) is 16.8. The van der Waals surface area contributed by atoms with Crippen LogP contribution in [0.4, 0.5) is 11.4 Å². The van der Waals surface area contributed by atoms with Gasteiger partial charge in [0, 0.05) is 144 Å². The lowest BCUT2D eigenvalue weighted by atomic mass is 9.78. The molecule has 4 aliphatic heterocycles. The molecule has 4 bridgehead atoms. The molecule has 0 aliphatic carbocycles. The summed E-state index contributed by atoms with van der Waals surface area (Å²) >= 11 is 0. The van der Waals surface area contributed by atoms with E-state index in [1.54, 1.807) is 46.8 Å². The Labute approximate surface area is 478 Å². The maximum atomic E-state index is 15.2. The summed E-state index contributed by atoms with van der Waals surface area (Å²) in [6.45, 7) is 26.0. The van der Waals surface area contributed by atoms with Crippen molar-refractivity contribution in [3.63, 3.8) is 0 Å². The van der Waals surface area contributed by atoms with E-state index in [2.05, 4.69) is 51.3 Å². The third-order valence-corrected chi connectivity index (χ3v) is 16.8. The third kappa shape index (κ3) is 12.3. The molecule has 0 spiro atoms. The Kier molecular flexibility index (Phi) is 18.2. The first-order valence-electron chi connectivity index (χ1n) is 28.6. The van der Waals surface area contributed by atoms with Crippen molar-refractivity contribution in [2.45, 2.75) is 113 Å². The molecule has 440 valence electrons. The second-order valence-corrected chi connectivity index (χ2v) is 23.3. The number of ketones is 1. The summed E-state index contributed by atoms with van der Waals surface area (Å²) < 4.78 is 38.0. The molecule has 82 heavy (non-hydrogen) atoms. The minimum Gasteiger partial charge on any atom is -0.505 e. The van der Waals surface area contributed by atoms with Crippen LogP contribution in [0.1, 0.15) is 89.4 Å². The number of methoxy groups -OCH3 is 1. The normalized spacial score (nSPS) is 27.8. The zero-order valence-electron chi connectivity index (χ0n) is 49.0. The molecule has 1 aromatic heterocycles. The van der Waals surface area contributed by atoms with E-state index in [0.29, 0.717) is 24.8 Å². The topological polar surface area (TPSA) is 235 Å². The van der Waals surface area contributed by atoms with Gasteiger partial charge < -0.3 is 59.0 Å². The molecular weight excluding hydrogens is 1050 g/mol. The smallest absolute Gasteiger partial charge is 0.312 e. The maximum absolute atomic E-state index is 15.2. The standard InChI is InChI=1S/C63H80N6O13/c1-34(2)31-68-24-26-69(27-25-68)44-29-46(78-33-43-17-15-42(16-18-43)32-67-22-20-64-21-23-67)51-47(30-44)81-60-52(65-51)48-49-56(73)40(8)59-50(48)61(75)63(10,82-59)79-28-19-45(77-11)37(5)58(80-41(9)70)39(7)55(72)38(6)54(71)35(3)13-12-14-36(4)62(76)66-53(60)57(49)74/h12-19,28-30,34-35,37-39,45,54-55,58,64,71-72,74H,20-27,31-33H2,1-11H3,(H,66,76)/b13-12+,28-19+,36-14-/t35-,37+,38+,39+,45-,54-,55+,58+,63-/m0/s1. The number of esters is 1. The first kappa shape index (κ1) is 59.7. The number of hydrogen-bond donors (Lipinski definition) is 5. The van der Waals surface area contributed by atoms with Crippen molar-refractivity contribution in [2.24, 2.45) is 29.6 Å². The first-order valence-corrected chi connectivity index (χ1v) is 28.6. The number of fused-ring (bicyclic) bond motifs is 2. The van der Waals surface area contributed by atoms with E-state index >= 15 is 4.79 Å². The molecule has 1 amide bonds. The Morgan fingerprint density at radius 1 is 0.878 bits per heavy atom. The van der Waals surface area contributed by atoms with Crippen molar-refractivity contribution in [3.8, 4) is 17.2 Å². The number of Topliss-reactive ketones (excluding diaryl/α,β-unsaturated/α-hetero) is 1. The minimum atomic E-state index is -2.10. The highest BCUT2D eigenvalue weighted by molar-refractivity contribution is 6.26. The van der Waals surface area contributed by atoms with Crippen LogP contribution >= 0.6 is 0 Å². The number of benzene rings is 4. The van der Waals surface area contributed by atoms with Crippen LogP contribution in [0, 0.1) is 36.5 Å². The summed E-state index contributed by atoms with van der Waals surface area (Å²) in [5.41, 5.74) is 2.26. The second-order valence-electron chi connectivity index (χ2n) is 23.3. The Hall–Kier alpha value is -6.87. The van der Waals surface area contributed by atoms with E-state index in [1.807, 2.05) is 24.3 Å². The second kappa shape index (κ2) is 24.9. The van der Waals surface area contributed by atoms with Crippen molar-refractivity contribution in [1.82, 2.24) is 20.1 Å². The minimum absolute atomic E-state index is 0.0182. The van der Waals surface area contributed by atoms with Gasteiger partial charge in [-0.1, -0.05) is 84.0 Å². The lowest BCUT2D eigenvalue weighted by molar-refractivity contribution is -0.160. The average molecular weight is 1130 g/mol. The molecule has 4 aliphatic rings. The van der Waals surface area contributed by atoms with Crippen LogP contribution in [0.3, 0.4) is 0 Å². The quantitative estimate of drug-likeness (QED) is 0.0389. The number of nitrogens with zero attached hydrogens (tertiary/aromatic N) is 4. The summed E-state index contributed by atoms with van der Waals surface area (Å²) in [5.74, 6) is -6.56. The van der Waals surface area contributed by atoms with E-state index in [-0.39, 0.29) is 67.7 Å². The zero-order valence-corrected chi connectivity index (χ0v) is 49.0. The van der Waals surface area contributed by atoms with E-state index in [9.17, 15) is 29.7 Å². The first-order chi connectivity index (χ1) is 39.1. The molecule has 0 unspecified atom stereocenters. The van der Waals surface area contributed by atoms with Gasteiger partial charge in [0.1, 0.15) is 35.2 Å². The summed E-state index contributed by atoms with van der Waals surface area (Å²) in [5, 5.41) is 41.7. The largest absolute Gasteiger partial charge is 0.505 e. The van der Waals surface area contributed by atoms with Gasteiger partial charge in [0.05, 0.1) is 35.5 Å². The number of aliphatic hydroxyl groups excluding tert-OH is 2. The van der Waals surface area contributed by atoms with Crippen LogP contribution < -0.4 is 30.4 Å². The molecular formula is C63H80N6O13. The number of nitrogens with one attached hydrogen (secondary N) is 2. The van der Waals surface area contributed by atoms with Crippen molar-refractivity contribution in [3.05, 3.63) is 105 Å². The van der Waals surface area contributed by atoms with E-state index in [0.717, 1.165) is 63.6 Å². The molecule has 9 rings (SSSR count). The van der Waals surface area contributed by atoms with Crippen LogP contribution in [0.15, 0.2) is 81.7 Å². The van der Waals surface area contributed by atoms with Crippen LogP contribution in [0.25, 0.3) is 33.0 Å². The fourth-order valence-corrected chi connectivity index (χ4v) is 11.9. The number of rotatable bonds is 10. The maximum Gasteiger partial charge on any atom is 0.312 e.